The smallest absolute Gasteiger partial charge is 0.134 e. The zero-order valence-electron chi connectivity index (χ0n) is 11.6. The molecule has 0 amide bonds. The molecule has 1 unspecified atom stereocenters. The van der Waals surface area contributed by atoms with E-state index in [-0.39, 0.29) is 6.61 Å². The van der Waals surface area contributed by atoms with Crippen LogP contribution in [0.25, 0.3) is 10.9 Å². The van der Waals surface area contributed by atoms with Crippen molar-refractivity contribution in [1.82, 2.24) is 4.98 Å². The average Bonchev–Trinajstić information content (AvgIpc) is 2.45. The van der Waals surface area contributed by atoms with Gasteiger partial charge in [-0.25, -0.2) is 4.98 Å². The molecule has 3 nitrogen and oxygen atoms in total. The van der Waals surface area contributed by atoms with Crippen LogP contribution in [0.5, 0.6) is 0 Å². The molecule has 102 valence electrons. The minimum Gasteiger partial charge on any atom is -0.392 e. The molecule has 0 aliphatic heterocycles. The number of hydrogen-bond donors (Lipinski definition) is 1. The molecule has 1 N–H and O–H groups in total. The predicted octanol–water partition coefficient (Wildman–Crippen LogP) is 2.91. The Hall–Kier alpha value is -1.26. The first kappa shape index (κ1) is 14.2. The lowest BCUT2D eigenvalue weighted by Crippen LogP contribution is -2.32. The van der Waals surface area contributed by atoms with Crippen LogP contribution < -0.4 is 4.90 Å². The highest BCUT2D eigenvalue weighted by atomic mass is 32.2. The SMILES string of the molecule is CSCC(C)N(C)c1nc2ccccc2cc1CO. The second-order valence-electron chi connectivity index (χ2n) is 4.74. The maximum atomic E-state index is 9.57. The van der Waals surface area contributed by atoms with Gasteiger partial charge in [-0.05, 0) is 25.3 Å². The van der Waals surface area contributed by atoms with Gasteiger partial charge >= 0.3 is 0 Å². The number of pyridine rings is 1. The Morgan fingerprint density at radius 2 is 2.11 bits per heavy atom. The molecule has 0 aliphatic rings. The van der Waals surface area contributed by atoms with Gasteiger partial charge in [0, 0.05) is 29.8 Å². The lowest BCUT2D eigenvalue weighted by molar-refractivity contribution is 0.282. The van der Waals surface area contributed by atoms with E-state index < -0.39 is 0 Å². The standard InChI is InChI=1S/C15H20N2OS/c1-11(10-19-3)17(2)15-13(9-18)8-12-6-4-5-7-14(12)16-15/h4-8,11,18H,9-10H2,1-3H3. The number of thioether (sulfide) groups is 1. The van der Waals surface area contributed by atoms with Crippen LogP contribution in [0, 0.1) is 0 Å². The third-order valence-corrected chi connectivity index (χ3v) is 4.17. The molecule has 0 saturated carbocycles. The van der Waals surface area contributed by atoms with E-state index in [9.17, 15) is 5.11 Å². The lowest BCUT2D eigenvalue weighted by Gasteiger charge is -2.27. The zero-order valence-corrected chi connectivity index (χ0v) is 12.4. The van der Waals surface area contributed by atoms with Gasteiger partial charge in [-0.1, -0.05) is 18.2 Å². The quantitative estimate of drug-likeness (QED) is 0.911. The van der Waals surface area contributed by atoms with Crippen molar-refractivity contribution in [2.24, 2.45) is 0 Å². The molecule has 0 bridgehead atoms. The minimum absolute atomic E-state index is 0.0174. The molecule has 0 radical (unpaired) electrons. The number of para-hydroxylation sites is 1. The maximum Gasteiger partial charge on any atom is 0.134 e. The van der Waals surface area contributed by atoms with Gasteiger partial charge in [0.2, 0.25) is 0 Å². The minimum atomic E-state index is 0.0174. The number of aliphatic hydroxyl groups is 1. The van der Waals surface area contributed by atoms with E-state index >= 15 is 0 Å². The van der Waals surface area contributed by atoms with E-state index in [1.807, 2.05) is 49.1 Å². The number of benzene rings is 1. The van der Waals surface area contributed by atoms with Crippen LogP contribution in [0.15, 0.2) is 30.3 Å². The molecular weight excluding hydrogens is 256 g/mol. The number of aliphatic hydroxyl groups excluding tert-OH is 1. The Bertz CT molecular complexity index is 559. The van der Waals surface area contributed by atoms with Crippen molar-refractivity contribution in [2.45, 2.75) is 19.6 Å². The third-order valence-electron chi connectivity index (χ3n) is 3.35. The summed E-state index contributed by atoms with van der Waals surface area (Å²) in [5.41, 5.74) is 1.85. The van der Waals surface area contributed by atoms with Crippen molar-refractivity contribution in [3.8, 4) is 0 Å². The monoisotopic (exact) mass is 276 g/mol. The van der Waals surface area contributed by atoms with Crippen LogP contribution in [0.2, 0.25) is 0 Å². The van der Waals surface area contributed by atoms with Gasteiger partial charge < -0.3 is 10.0 Å². The van der Waals surface area contributed by atoms with Crippen LogP contribution in [-0.2, 0) is 6.61 Å². The van der Waals surface area contributed by atoms with Crippen molar-refractivity contribution in [2.75, 3.05) is 24.0 Å². The van der Waals surface area contributed by atoms with Crippen LogP contribution >= 0.6 is 11.8 Å². The first-order valence-electron chi connectivity index (χ1n) is 6.38. The van der Waals surface area contributed by atoms with Gasteiger partial charge in [0.15, 0.2) is 0 Å². The third kappa shape index (κ3) is 3.01. The molecule has 4 heteroatoms. The molecule has 0 saturated heterocycles. The Balaban J connectivity index is 2.45. The second kappa shape index (κ2) is 6.26. The molecule has 1 heterocycles. The fraction of sp³-hybridized carbons (Fsp3) is 0.400. The van der Waals surface area contributed by atoms with Crippen molar-refractivity contribution < 1.29 is 5.11 Å². The molecule has 0 spiro atoms. The van der Waals surface area contributed by atoms with E-state index in [1.54, 1.807) is 0 Å². The van der Waals surface area contributed by atoms with E-state index in [4.69, 9.17) is 4.98 Å². The molecule has 1 aromatic carbocycles. The summed E-state index contributed by atoms with van der Waals surface area (Å²) in [5.74, 6) is 1.92. The van der Waals surface area contributed by atoms with Gasteiger partial charge in [0.1, 0.15) is 5.82 Å². The molecule has 19 heavy (non-hydrogen) atoms. The van der Waals surface area contributed by atoms with Gasteiger partial charge in [0.25, 0.3) is 0 Å². The summed E-state index contributed by atoms with van der Waals surface area (Å²) in [7, 11) is 2.04. The molecule has 0 aliphatic carbocycles. The summed E-state index contributed by atoms with van der Waals surface area (Å²) < 4.78 is 0. The van der Waals surface area contributed by atoms with E-state index in [1.165, 1.54) is 0 Å². The van der Waals surface area contributed by atoms with Crippen molar-refractivity contribution in [3.05, 3.63) is 35.9 Å². The highest BCUT2D eigenvalue weighted by Gasteiger charge is 2.15. The topological polar surface area (TPSA) is 36.4 Å². The summed E-state index contributed by atoms with van der Waals surface area (Å²) in [6.07, 6.45) is 2.10. The molecule has 1 atom stereocenters. The summed E-state index contributed by atoms with van der Waals surface area (Å²) in [4.78, 5) is 6.85. The number of anilines is 1. The molecule has 0 fully saturated rings. The Morgan fingerprint density at radius 3 is 2.79 bits per heavy atom. The Morgan fingerprint density at radius 1 is 1.37 bits per heavy atom. The second-order valence-corrected chi connectivity index (χ2v) is 5.65. The molecular formula is C15H20N2OS. The highest BCUT2D eigenvalue weighted by molar-refractivity contribution is 7.98. The van der Waals surface area contributed by atoms with Crippen molar-refractivity contribution >= 4 is 28.5 Å². The first-order chi connectivity index (χ1) is 9.17. The van der Waals surface area contributed by atoms with Gasteiger partial charge in [-0.15, -0.1) is 0 Å². The molecule has 2 aromatic rings. The highest BCUT2D eigenvalue weighted by Crippen LogP contribution is 2.24. The van der Waals surface area contributed by atoms with E-state index in [2.05, 4.69) is 18.1 Å². The first-order valence-corrected chi connectivity index (χ1v) is 7.78. The largest absolute Gasteiger partial charge is 0.392 e. The van der Waals surface area contributed by atoms with Crippen molar-refractivity contribution in [3.63, 3.8) is 0 Å². The van der Waals surface area contributed by atoms with E-state index in [0.717, 1.165) is 28.0 Å². The van der Waals surface area contributed by atoms with Crippen LogP contribution in [0.3, 0.4) is 0 Å². The predicted molar refractivity (Wildman–Crippen MR) is 83.9 cm³/mol. The molecule has 1 aromatic heterocycles. The van der Waals surface area contributed by atoms with Gasteiger partial charge in [-0.2, -0.15) is 11.8 Å². The van der Waals surface area contributed by atoms with E-state index in [0.29, 0.717) is 6.04 Å². The maximum absolute atomic E-state index is 9.57. The zero-order chi connectivity index (χ0) is 13.8. The average molecular weight is 276 g/mol. The summed E-state index contributed by atoms with van der Waals surface area (Å²) in [6, 6.07) is 10.4. The number of aromatic nitrogens is 1. The van der Waals surface area contributed by atoms with Gasteiger partial charge in [-0.3, -0.25) is 0 Å². The van der Waals surface area contributed by atoms with Crippen LogP contribution in [0.1, 0.15) is 12.5 Å². The number of nitrogens with zero attached hydrogens (tertiary/aromatic N) is 2. The summed E-state index contributed by atoms with van der Waals surface area (Å²) in [6.45, 7) is 2.19. The number of hydrogen-bond acceptors (Lipinski definition) is 4. The van der Waals surface area contributed by atoms with Gasteiger partial charge in [0.05, 0.1) is 12.1 Å². The fourth-order valence-electron chi connectivity index (χ4n) is 2.13. The lowest BCUT2D eigenvalue weighted by atomic mass is 10.1. The van der Waals surface area contributed by atoms with Crippen molar-refractivity contribution in [1.29, 1.82) is 0 Å². The number of fused-ring (bicyclic) bond motifs is 1. The Labute approximate surface area is 118 Å². The summed E-state index contributed by atoms with van der Waals surface area (Å²) in [5, 5.41) is 10.6. The van der Waals surface area contributed by atoms with Crippen LogP contribution in [0.4, 0.5) is 5.82 Å². The van der Waals surface area contributed by atoms with Crippen LogP contribution in [-0.4, -0.2) is 35.2 Å². The fourth-order valence-corrected chi connectivity index (χ4v) is 2.84. The molecule has 2 rings (SSSR count). The Kier molecular flexibility index (Phi) is 4.66. The summed E-state index contributed by atoms with van der Waals surface area (Å²) >= 11 is 1.82. The number of rotatable bonds is 5. The normalized spacial score (nSPS) is 12.6.